The molecule has 1 saturated heterocycles. The summed E-state index contributed by atoms with van der Waals surface area (Å²) < 4.78 is 39.8. The molecule has 34 heavy (non-hydrogen) atoms. The van der Waals surface area contributed by atoms with Crippen molar-refractivity contribution in [3.05, 3.63) is 69.5 Å². The van der Waals surface area contributed by atoms with Crippen LogP contribution in [0, 0.1) is 16.0 Å². The lowest BCUT2D eigenvalue weighted by Gasteiger charge is -2.22. The van der Waals surface area contributed by atoms with Gasteiger partial charge >= 0.3 is 6.18 Å². The van der Waals surface area contributed by atoms with Crippen molar-refractivity contribution < 1.29 is 27.7 Å². The Kier molecular flexibility index (Phi) is 7.18. The van der Waals surface area contributed by atoms with Gasteiger partial charge in [-0.2, -0.15) is 18.2 Å². The molecule has 1 aliphatic carbocycles. The number of hydrogen-bond donors (Lipinski definition) is 2. The van der Waals surface area contributed by atoms with E-state index in [1.807, 2.05) is 26.0 Å². The van der Waals surface area contributed by atoms with Crippen LogP contribution in [0.2, 0.25) is 0 Å². The standard InChI is InChI=1S/C23H27F3N4O4/c1-5-27-16-7-6-15(10-14(2)11-16)20-13-22(3,34-29(20)4)21(31)28-17-8-9-19(30(32)33)18(12-17)23(24,25)26/h6-12,14,20,27H,5,13H2,1-4H3,(H,28,31). The van der Waals surface area contributed by atoms with Gasteiger partial charge in [-0.15, -0.1) is 0 Å². The summed E-state index contributed by atoms with van der Waals surface area (Å²) >= 11 is 0. The molecular formula is C23H27F3N4O4. The summed E-state index contributed by atoms with van der Waals surface area (Å²) in [6, 6.07) is 2.09. The second-order valence-corrected chi connectivity index (χ2v) is 8.54. The highest BCUT2D eigenvalue weighted by Crippen LogP contribution is 2.39. The molecule has 0 spiro atoms. The summed E-state index contributed by atoms with van der Waals surface area (Å²) in [6.07, 6.45) is 3.38. The fourth-order valence-corrected chi connectivity index (χ4v) is 4.12. The number of hydrogen-bond acceptors (Lipinski definition) is 6. The molecule has 2 aliphatic rings. The quantitative estimate of drug-likeness (QED) is 0.457. The number of alkyl halides is 3. The third-order valence-corrected chi connectivity index (χ3v) is 5.72. The molecule has 1 fully saturated rings. The second-order valence-electron chi connectivity index (χ2n) is 8.54. The number of nitro benzene ring substituents is 1. The lowest BCUT2D eigenvalue weighted by molar-refractivity contribution is -0.388. The number of carbonyl (C=O) groups is 1. The van der Waals surface area contributed by atoms with Crippen molar-refractivity contribution in [1.29, 1.82) is 0 Å². The van der Waals surface area contributed by atoms with Crippen molar-refractivity contribution in [3.63, 3.8) is 0 Å². The number of hydroxylamine groups is 2. The third kappa shape index (κ3) is 5.48. The molecule has 1 heterocycles. The van der Waals surface area contributed by atoms with Crippen LogP contribution < -0.4 is 10.6 Å². The molecule has 0 bridgehead atoms. The van der Waals surface area contributed by atoms with Gasteiger partial charge in [-0.25, -0.2) is 0 Å². The molecule has 11 heteroatoms. The van der Waals surface area contributed by atoms with Crippen LogP contribution in [-0.2, 0) is 15.8 Å². The minimum Gasteiger partial charge on any atom is -0.386 e. The fraction of sp³-hybridized carbons (Fsp3) is 0.435. The van der Waals surface area contributed by atoms with Crippen molar-refractivity contribution in [2.24, 2.45) is 5.92 Å². The number of allylic oxidation sites excluding steroid dienone is 3. The van der Waals surface area contributed by atoms with Crippen molar-refractivity contribution in [2.45, 2.75) is 45.0 Å². The first-order valence-corrected chi connectivity index (χ1v) is 10.8. The van der Waals surface area contributed by atoms with E-state index in [1.54, 1.807) is 19.0 Å². The average Bonchev–Trinajstić information content (AvgIpc) is 2.93. The Bertz CT molecular complexity index is 1070. The van der Waals surface area contributed by atoms with Gasteiger partial charge in [-0.05, 0) is 43.5 Å². The predicted molar refractivity (Wildman–Crippen MR) is 121 cm³/mol. The Hall–Kier alpha value is -3.18. The van der Waals surface area contributed by atoms with Crippen molar-refractivity contribution in [1.82, 2.24) is 10.4 Å². The largest absolute Gasteiger partial charge is 0.423 e. The topological polar surface area (TPSA) is 96.7 Å². The van der Waals surface area contributed by atoms with Crippen molar-refractivity contribution >= 4 is 17.3 Å². The molecule has 184 valence electrons. The van der Waals surface area contributed by atoms with Crippen LogP contribution in [0.5, 0.6) is 0 Å². The van der Waals surface area contributed by atoms with Gasteiger partial charge in [0.15, 0.2) is 5.60 Å². The van der Waals surface area contributed by atoms with Crippen molar-refractivity contribution in [3.8, 4) is 0 Å². The SMILES string of the molecule is CCNC1=CC(C)C=C(C2CC(C)(C(=O)Nc3ccc([N+](=O)[O-])c(C(F)(F)F)c3)ON2C)C=C1. The molecule has 1 amide bonds. The zero-order valence-corrected chi connectivity index (χ0v) is 19.3. The first kappa shape index (κ1) is 25.4. The van der Waals surface area contributed by atoms with E-state index in [2.05, 4.69) is 22.8 Å². The molecule has 8 nitrogen and oxygen atoms in total. The molecule has 3 atom stereocenters. The molecule has 2 N–H and O–H groups in total. The lowest BCUT2D eigenvalue weighted by atomic mass is 9.91. The zero-order valence-electron chi connectivity index (χ0n) is 19.3. The minimum absolute atomic E-state index is 0.133. The van der Waals surface area contributed by atoms with E-state index in [1.165, 1.54) is 0 Å². The van der Waals surface area contributed by atoms with Gasteiger partial charge in [-0.3, -0.25) is 19.7 Å². The molecule has 0 radical (unpaired) electrons. The number of likely N-dealkylation sites (N-methyl/N-ethyl adjacent to an activating group) is 2. The van der Waals surface area contributed by atoms with Crippen molar-refractivity contribution in [2.75, 3.05) is 18.9 Å². The number of benzene rings is 1. The highest BCUT2D eigenvalue weighted by atomic mass is 19.4. The smallest absolute Gasteiger partial charge is 0.386 e. The maximum Gasteiger partial charge on any atom is 0.423 e. The molecule has 0 saturated carbocycles. The summed E-state index contributed by atoms with van der Waals surface area (Å²) in [7, 11) is 1.69. The molecule has 1 aliphatic heterocycles. The normalized spacial score (nSPS) is 25.4. The van der Waals surface area contributed by atoms with Crippen LogP contribution >= 0.6 is 0 Å². The Labute approximate surface area is 195 Å². The summed E-state index contributed by atoms with van der Waals surface area (Å²) in [4.78, 5) is 28.7. The fourth-order valence-electron chi connectivity index (χ4n) is 4.12. The van der Waals surface area contributed by atoms with E-state index in [0.29, 0.717) is 6.07 Å². The average molecular weight is 480 g/mol. The van der Waals surface area contributed by atoms with E-state index in [9.17, 15) is 28.1 Å². The van der Waals surface area contributed by atoms with E-state index in [-0.39, 0.29) is 24.1 Å². The Morgan fingerprint density at radius 2 is 2.03 bits per heavy atom. The van der Waals surface area contributed by atoms with E-state index in [0.717, 1.165) is 29.9 Å². The van der Waals surface area contributed by atoms with E-state index < -0.39 is 33.9 Å². The van der Waals surface area contributed by atoms with Gasteiger partial charge in [-0.1, -0.05) is 25.2 Å². The first-order chi connectivity index (χ1) is 15.8. The van der Waals surface area contributed by atoms with Crippen LogP contribution in [0.15, 0.2) is 53.8 Å². The Morgan fingerprint density at radius 3 is 2.65 bits per heavy atom. The van der Waals surface area contributed by atoms with Gasteiger partial charge in [0.1, 0.15) is 5.56 Å². The Balaban J connectivity index is 1.79. The predicted octanol–water partition coefficient (Wildman–Crippen LogP) is 4.57. The van der Waals surface area contributed by atoms with Gasteiger partial charge in [0.05, 0.1) is 11.0 Å². The molecular weight excluding hydrogens is 453 g/mol. The Morgan fingerprint density at radius 1 is 1.32 bits per heavy atom. The van der Waals surface area contributed by atoms with Crippen LogP contribution in [-0.4, -0.2) is 41.1 Å². The number of nitrogens with zero attached hydrogens (tertiary/aromatic N) is 2. The highest BCUT2D eigenvalue weighted by Gasteiger charge is 2.47. The first-order valence-electron chi connectivity index (χ1n) is 10.8. The maximum atomic E-state index is 13.3. The van der Waals surface area contributed by atoms with Crippen LogP contribution in [0.4, 0.5) is 24.5 Å². The number of nitro groups is 1. The summed E-state index contributed by atoms with van der Waals surface area (Å²) in [6.45, 7) is 6.38. The van der Waals surface area contributed by atoms with Crippen LogP contribution in [0.1, 0.15) is 32.8 Å². The number of nitrogens with one attached hydrogen (secondary N) is 2. The monoisotopic (exact) mass is 480 g/mol. The van der Waals surface area contributed by atoms with E-state index in [4.69, 9.17) is 4.84 Å². The van der Waals surface area contributed by atoms with Gasteiger partial charge in [0.25, 0.3) is 11.6 Å². The molecule has 3 rings (SSSR count). The minimum atomic E-state index is -4.95. The molecule has 1 aromatic carbocycles. The number of rotatable bonds is 6. The number of anilines is 1. The van der Waals surface area contributed by atoms with Crippen LogP contribution in [0.25, 0.3) is 0 Å². The molecule has 0 aromatic heterocycles. The maximum absolute atomic E-state index is 13.3. The van der Waals surface area contributed by atoms with Gasteiger partial charge in [0.2, 0.25) is 0 Å². The molecule has 1 aromatic rings. The van der Waals surface area contributed by atoms with E-state index >= 15 is 0 Å². The number of amides is 1. The number of carbonyl (C=O) groups excluding carboxylic acids is 1. The summed E-state index contributed by atoms with van der Waals surface area (Å²) in [5.74, 6) is -0.518. The molecule has 3 unspecified atom stereocenters. The lowest BCUT2D eigenvalue weighted by Crippen LogP contribution is -2.40. The zero-order chi connectivity index (χ0) is 25.3. The number of halogens is 3. The third-order valence-electron chi connectivity index (χ3n) is 5.72. The van der Waals surface area contributed by atoms with Crippen LogP contribution in [0.3, 0.4) is 0 Å². The summed E-state index contributed by atoms with van der Waals surface area (Å²) in [5, 5.41) is 18.2. The second kappa shape index (κ2) is 9.59. The van der Waals surface area contributed by atoms with Gasteiger partial charge < -0.3 is 10.6 Å². The van der Waals surface area contributed by atoms with Gasteiger partial charge in [0, 0.05) is 37.5 Å². The highest BCUT2D eigenvalue weighted by molar-refractivity contribution is 5.97. The summed E-state index contributed by atoms with van der Waals surface area (Å²) in [5.41, 5.74) is -2.15.